The van der Waals surface area contributed by atoms with E-state index < -0.39 is 40.4 Å². The van der Waals surface area contributed by atoms with E-state index in [2.05, 4.69) is 0 Å². The van der Waals surface area contributed by atoms with E-state index in [1.165, 1.54) is 0 Å². The standard InChI is InChI=1S/C29H23NO5/c1-3-35-27(34)17-10-4-9-15-22(17)30-25(32)23-24(26(30)33)29(16-31)20-13-7-5-11-18(20)28(23,2)19-12-6-8-14-21(19)29/h4-16,23-24H,3H2,1-2H3/t23-,24+,28?,29?/m0/s1. The average Bonchev–Trinajstić information content (AvgIpc) is 3.16. The second-order valence-electron chi connectivity index (χ2n) is 9.49. The summed E-state index contributed by atoms with van der Waals surface area (Å²) >= 11 is 0. The van der Waals surface area contributed by atoms with E-state index >= 15 is 0 Å². The van der Waals surface area contributed by atoms with Crippen LogP contribution in [-0.2, 0) is 30.0 Å². The molecular weight excluding hydrogens is 442 g/mol. The van der Waals surface area contributed by atoms with Crippen molar-refractivity contribution in [3.8, 4) is 0 Å². The number of carbonyl (C=O) groups is 4. The molecule has 3 aromatic rings. The molecule has 6 heteroatoms. The zero-order chi connectivity index (χ0) is 24.5. The maximum atomic E-state index is 14.2. The van der Waals surface area contributed by atoms with Crippen LogP contribution in [0.1, 0.15) is 46.5 Å². The van der Waals surface area contributed by atoms with E-state index in [1.54, 1.807) is 31.2 Å². The van der Waals surface area contributed by atoms with Gasteiger partial charge in [-0.05, 0) is 41.3 Å². The minimum Gasteiger partial charge on any atom is -0.462 e. The van der Waals surface area contributed by atoms with Gasteiger partial charge in [0.2, 0.25) is 11.8 Å². The van der Waals surface area contributed by atoms with E-state index in [0.29, 0.717) is 0 Å². The Hall–Kier alpha value is -4.06. The van der Waals surface area contributed by atoms with E-state index in [4.69, 9.17) is 4.74 Å². The SMILES string of the molecule is CCOC(=O)c1ccccc1N1C(=O)[C@@H]2[C@H](C1=O)C1(C=O)c3ccccc3C2(C)c2ccccc21. The summed E-state index contributed by atoms with van der Waals surface area (Å²) < 4.78 is 5.19. The molecule has 2 atom stereocenters. The van der Waals surface area contributed by atoms with Crippen LogP contribution < -0.4 is 4.90 Å². The van der Waals surface area contributed by atoms with Gasteiger partial charge in [-0.3, -0.25) is 9.59 Å². The van der Waals surface area contributed by atoms with Crippen molar-refractivity contribution in [1.29, 1.82) is 0 Å². The van der Waals surface area contributed by atoms with Gasteiger partial charge in [-0.2, -0.15) is 0 Å². The number of anilines is 1. The van der Waals surface area contributed by atoms with Crippen molar-refractivity contribution in [1.82, 2.24) is 0 Å². The number of amides is 2. The molecule has 0 N–H and O–H groups in total. The summed E-state index contributed by atoms with van der Waals surface area (Å²) in [4.78, 5) is 55.3. The van der Waals surface area contributed by atoms with Gasteiger partial charge in [-0.1, -0.05) is 67.6 Å². The van der Waals surface area contributed by atoms with Crippen LogP contribution in [0, 0.1) is 11.8 Å². The quantitative estimate of drug-likeness (QED) is 0.333. The van der Waals surface area contributed by atoms with Crippen LogP contribution >= 0.6 is 0 Å². The van der Waals surface area contributed by atoms with Gasteiger partial charge in [0, 0.05) is 5.41 Å². The lowest BCUT2D eigenvalue weighted by Gasteiger charge is -2.56. The van der Waals surface area contributed by atoms with Crippen LogP contribution in [0.5, 0.6) is 0 Å². The van der Waals surface area contributed by atoms with Crippen LogP contribution in [0.25, 0.3) is 0 Å². The Morgan fingerprint density at radius 2 is 1.37 bits per heavy atom. The normalized spacial score (nSPS) is 27.8. The van der Waals surface area contributed by atoms with Crippen molar-refractivity contribution in [2.45, 2.75) is 24.7 Å². The summed E-state index contributed by atoms with van der Waals surface area (Å²) in [6.45, 7) is 3.85. The number of para-hydroxylation sites is 1. The monoisotopic (exact) mass is 465 g/mol. The fourth-order valence-electron chi connectivity index (χ4n) is 6.75. The number of carbonyl (C=O) groups excluding carboxylic acids is 4. The van der Waals surface area contributed by atoms with E-state index in [1.807, 2.05) is 55.5 Å². The summed E-state index contributed by atoms with van der Waals surface area (Å²) in [5.74, 6) is -3.20. The summed E-state index contributed by atoms with van der Waals surface area (Å²) in [6.07, 6.45) is 0.840. The molecule has 7 rings (SSSR count). The van der Waals surface area contributed by atoms with Crippen molar-refractivity contribution in [2.24, 2.45) is 11.8 Å². The van der Waals surface area contributed by atoms with Gasteiger partial charge in [-0.25, -0.2) is 9.69 Å². The molecule has 3 aromatic carbocycles. The topological polar surface area (TPSA) is 80.8 Å². The average molecular weight is 466 g/mol. The number of hydrogen-bond acceptors (Lipinski definition) is 5. The molecule has 0 aromatic heterocycles. The van der Waals surface area contributed by atoms with Crippen LogP contribution in [0.2, 0.25) is 0 Å². The number of imide groups is 1. The highest BCUT2D eigenvalue weighted by molar-refractivity contribution is 6.26. The van der Waals surface area contributed by atoms with Gasteiger partial charge >= 0.3 is 5.97 Å². The Bertz CT molecular complexity index is 1390. The van der Waals surface area contributed by atoms with Crippen LogP contribution in [0.4, 0.5) is 5.69 Å². The smallest absolute Gasteiger partial charge is 0.340 e. The molecule has 174 valence electrons. The molecule has 6 nitrogen and oxygen atoms in total. The number of nitrogens with zero attached hydrogens (tertiary/aromatic N) is 1. The highest BCUT2D eigenvalue weighted by Crippen LogP contribution is 2.66. The van der Waals surface area contributed by atoms with Crippen molar-refractivity contribution < 1.29 is 23.9 Å². The summed E-state index contributed by atoms with van der Waals surface area (Å²) in [6, 6.07) is 21.7. The third-order valence-electron chi connectivity index (χ3n) is 8.11. The molecule has 1 heterocycles. The lowest BCUT2D eigenvalue weighted by atomic mass is 9.42. The molecule has 0 unspecified atom stereocenters. The number of benzene rings is 3. The third-order valence-corrected chi connectivity index (χ3v) is 8.11. The molecule has 1 fully saturated rings. The number of hydrogen-bond donors (Lipinski definition) is 0. The first kappa shape index (κ1) is 21.5. The van der Waals surface area contributed by atoms with Crippen molar-refractivity contribution in [3.05, 3.63) is 101 Å². The van der Waals surface area contributed by atoms with Gasteiger partial charge in [0.05, 0.1) is 35.1 Å². The van der Waals surface area contributed by atoms with Crippen LogP contribution in [0.3, 0.4) is 0 Å². The predicted molar refractivity (Wildman–Crippen MR) is 128 cm³/mol. The predicted octanol–water partition coefficient (Wildman–Crippen LogP) is 3.79. The molecule has 0 spiro atoms. The number of rotatable bonds is 4. The minimum atomic E-state index is -1.30. The number of esters is 1. The summed E-state index contributed by atoms with van der Waals surface area (Å²) in [5, 5.41) is 0. The third kappa shape index (κ3) is 2.39. The molecule has 0 saturated carbocycles. The highest BCUT2D eigenvalue weighted by atomic mass is 16.5. The second kappa shape index (κ2) is 7.22. The zero-order valence-electron chi connectivity index (χ0n) is 19.4. The Balaban J connectivity index is 1.63. The molecular formula is C29H23NO5. The van der Waals surface area contributed by atoms with Gasteiger partial charge in [0.25, 0.3) is 0 Å². The second-order valence-corrected chi connectivity index (χ2v) is 9.49. The van der Waals surface area contributed by atoms with Gasteiger partial charge in [0.1, 0.15) is 6.29 Å². The van der Waals surface area contributed by atoms with Crippen molar-refractivity contribution >= 4 is 29.8 Å². The zero-order valence-corrected chi connectivity index (χ0v) is 19.4. The van der Waals surface area contributed by atoms with Gasteiger partial charge in [0.15, 0.2) is 0 Å². The first-order valence-corrected chi connectivity index (χ1v) is 11.7. The summed E-state index contributed by atoms with van der Waals surface area (Å²) in [5.41, 5.74) is 1.51. The Morgan fingerprint density at radius 3 is 1.94 bits per heavy atom. The number of aldehydes is 1. The molecule has 35 heavy (non-hydrogen) atoms. The molecule has 2 amide bonds. The van der Waals surface area contributed by atoms with E-state index in [9.17, 15) is 19.2 Å². The minimum absolute atomic E-state index is 0.141. The van der Waals surface area contributed by atoms with E-state index in [-0.39, 0.29) is 17.9 Å². The molecule has 1 saturated heterocycles. The van der Waals surface area contributed by atoms with Crippen LogP contribution in [-0.4, -0.2) is 30.7 Å². The van der Waals surface area contributed by atoms with Crippen molar-refractivity contribution in [3.63, 3.8) is 0 Å². The summed E-state index contributed by atoms with van der Waals surface area (Å²) in [7, 11) is 0. The Labute approximate surface area is 202 Å². The maximum absolute atomic E-state index is 14.2. The Morgan fingerprint density at radius 1 is 0.857 bits per heavy atom. The lowest BCUT2D eigenvalue weighted by molar-refractivity contribution is -0.129. The molecule has 3 aliphatic carbocycles. The fraction of sp³-hybridized carbons (Fsp3) is 0.241. The molecule has 2 bridgehead atoms. The first-order valence-electron chi connectivity index (χ1n) is 11.7. The first-order chi connectivity index (χ1) is 16.9. The van der Waals surface area contributed by atoms with Crippen LogP contribution in [0.15, 0.2) is 72.8 Å². The largest absolute Gasteiger partial charge is 0.462 e. The van der Waals surface area contributed by atoms with Gasteiger partial charge < -0.3 is 9.53 Å². The maximum Gasteiger partial charge on any atom is 0.340 e. The molecule has 4 aliphatic rings. The van der Waals surface area contributed by atoms with E-state index in [0.717, 1.165) is 33.4 Å². The highest BCUT2D eigenvalue weighted by Gasteiger charge is 2.72. The fourth-order valence-corrected chi connectivity index (χ4v) is 6.75. The van der Waals surface area contributed by atoms with Crippen molar-refractivity contribution in [2.75, 3.05) is 11.5 Å². The lowest BCUT2D eigenvalue weighted by Crippen LogP contribution is -2.61. The molecule has 1 aliphatic heterocycles. The van der Waals surface area contributed by atoms with Gasteiger partial charge in [-0.15, -0.1) is 0 Å². The number of ether oxygens (including phenoxy) is 1. The Kier molecular flexibility index (Phi) is 4.43. The molecule has 0 radical (unpaired) electrons.